The zero-order valence-corrected chi connectivity index (χ0v) is 13.6. The summed E-state index contributed by atoms with van der Waals surface area (Å²) in [5.41, 5.74) is 1.23. The van der Waals surface area contributed by atoms with Gasteiger partial charge in [-0.1, -0.05) is 12.1 Å². The molecule has 2 rings (SSSR count). The number of hydrogen-bond acceptors (Lipinski definition) is 4. The number of sulfone groups is 1. The molecule has 0 bridgehead atoms. The van der Waals surface area contributed by atoms with Crippen LogP contribution in [0.3, 0.4) is 0 Å². The van der Waals surface area contributed by atoms with Gasteiger partial charge in [0.25, 0.3) is 0 Å². The van der Waals surface area contributed by atoms with Crippen molar-refractivity contribution in [3.05, 3.63) is 65.5 Å². The summed E-state index contributed by atoms with van der Waals surface area (Å²) in [5.74, 6) is -1.94. The van der Waals surface area contributed by atoms with E-state index in [1.165, 1.54) is 6.07 Å². The molecule has 0 unspecified atom stereocenters. The number of benzene rings is 1. The van der Waals surface area contributed by atoms with Gasteiger partial charge >= 0.3 is 0 Å². The number of pyridine rings is 1. The normalized spacial score (nSPS) is 14.4. The van der Waals surface area contributed by atoms with Crippen LogP contribution in [0, 0.1) is 11.6 Å². The van der Waals surface area contributed by atoms with Crippen molar-refractivity contribution in [2.75, 3.05) is 12.0 Å². The van der Waals surface area contributed by atoms with Crippen LogP contribution >= 0.6 is 0 Å². The molecule has 1 N–H and O–H groups in total. The monoisotopic (exact) mass is 340 g/mol. The fourth-order valence-corrected chi connectivity index (χ4v) is 3.41. The smallest absolute Gasteiger partial charge is 0.159 e. The number of hydrogen-bond donors (Lipinski definition) is 1. The van der Waals surface area contributed by atoms with Crippen LogP contribution in [0.4, 0.5) is 8.78 Å². The second-order valence-corrected chi connectivity index (χ2v) is 7.74. The molecule has 4 nitrogen and oxygen atoms in total. The van der Waals surface area contributed by atoms with Gasteiger partial charge in [-0.2, -0.15) is 0 Å². The van der Waals surface area contributed by atoms with E-state index in [-0.39, 0.29) is 11.8 Å². The molecule has 23 heavy (non-hydrogen) atoms. The Kier molecular flexibility index (Phi) is 5.43. The largest absolute Gasteiger partial charge is 0.303 e. The third kappa shape index (κ3) is 5.07. The third-order valence-electron chi connectivity index (χ3n) is 3.30. The van der Waals surface area contributed by atoms with Crippen LogP contribution in [0.1, 0.15) is 24.1 Å². The van der Waals surface area contributed by atoms with E-state index in [0.29, 0.717) is 5.56 Å². The maximum absolute atomic E-state index is 13.5. The lowest BCUT2D eigenvalue weighted by Crippen LogP contribution is -2.36. The van der Waals surface area contributed by atoms with Crippen LogP contribution in [0.5, 0.6) is 0 Å². The molecule has 0 spiro atoms. The molecule has 1 heterocycles. The second-order valence-electron chi connectivity index (χ2n) is 5.55. The summed E-state index contributed by atoms with van der Waals surface area (Å²) < 4.78 is 49.6. The molecule has 7 heteroatoms. The zero-order chi connectivity index (χ0) is 17.0. The number of halogens is 2. The topological polar surface area (TPSA) is 59.1 Å². The second kappa shape index (κ2) is 7.14. The SMILES string of the molecule is C[C@@H](CS(C)(=O)=O)N[C@@H](c1cccnc1)c1ccc(F)c(F)c1. The fraction of sp³-hybridized carbons (Fsp3) is 0.312. The molecule has 2 aromatic rings. The first-order chi connectivity index (χ1) is 10.8. The Hall–Kier alpha value is -1.86. The van der Waals surface area contributed by atoms with E-state index in [1.807, 2.05) is 0 Å². The van der Waals surface area contributed by atoms with Gasteiger partial charge in [-0.15, -0.1) is 0 Å². The number of nitrogens with zero attached hydrogens (tertiary/aromatic N) is 1. The van der Waals surface area contributed by atoms with Crippen LogP contribution in [0.25, 0.3) is 0 Å². The quantitative estimate of drug-likeness (QED) is 0.878. The first-order valence-electron chi connectivity index (χ1n) is 7.05. The van der Waals surface area contributed by atoms with E-state index in [2.05, 4.69) is 10.3 Å². The molecule has 1 aromatic carbocycles. The molecule has 0 amide bonds. The fourth-order valence-electron chi connectivity index (χ4n) is 2.41. The van der Waals surface area contributed by atoms with Crippen molar-refractivity contribution < 1.29 is 17.2 Å². The van der Waals surface area contributed by atoms with Gasteiger partial charge in [0.15, 0.2) is 11.6 Å². The molecule has 0 saturated heterocycles. The van der Waals surface area contributed by atoms with E-state index in [0.717, 1.165) is 24.0 Å². The van der Waals surface area contributed by atoms with E-state index in [1.54, 1.807) is 31.5 Å². The lowest BCUT2D eigenvalue weighted by Gasteiger charge is -2.24. The van der Waals surface area contributed by atoms with Gasteiger partial charge in [0.05, 0.1) is 11.8 Å². The molecule has 2 atom stereocenters. The van der Waals surface area contributed by atoms with E-state index in [4.69, 9.17) is 0 Å². The first kappa shape index (κ1) is 17.5. The summed E-state index contributed by atoms with van der Waals surface area (Å²) in [7, 11) is -3.16. The Bertz CT molecular complexity index is 767. The molecule has 0 radical (unpaired) electrons. The highest BCUT2D eigenvalue weighted by Crippen LogP contribution is 2.23. The maximum atomic E-state index is 13.5. The first-order valence-corrected chi connectivity index (χ1v) is 9.11. The number of nitrogens with one attached hydrogen (secondary N) is 1. The van der Waals surface area contributed by atoms with E-state index < -0.39 is 27.5 Å². The van der Waals surface area contributed by atoms with Crippen LogP contribution in [-0.4, -0.2) is 31.5 Å². The van der Waals surface area contributed by atoms with Gasteiger partial charge in [-0.05, 0) is 36.2 Å². The lowest BCUT2D eigenvalue weighted by atomic mass is 9.99. The van der Waals surface area contributed by atoms with Gasteiger partial charge in [0, 0.05) is 24.7 Å². The average molecular weight is 340 g/mol. The summed E-state index contributed by atoms with van der Waals surface area (Å²) in [5, 5.41) is 3.14. The van der Waals surface area contributed by atoms with Crippen molar-refractivity contribution in [2.45, 2.75) is 19.0 Å². The Balaban J connectivity index is 2.34. The van der Waals surface area contributed by atoms with Crippen molar-refractivity contribution in [2.24, 2.45) is 0 Å². The van der Waals surface area contributed by atoms with Gasteiger partial charge in [-0.25, -0.2) is 17.2 Å². The third-order valence-corrected chi connectivity index (χ3v) is 4.40. The summed E-state index contributed by atoms with van der Waals surface area (Å²) >= 11 is 0. The minimum atomic E-state index is -3.16. The van der Waals surface area contributed by atoms with Gasteiger partial charge in [0.2, 0.25) is 0 Å². The number of aromatic nitrogens is 1. The molecular weight excluding hydrogens is 322 g/mol. The Morgan fingerprint density at radius 3 is 2.48 bits per heavy atom. The summed E-state index contributed by atoms with van der Waals surface area (Å²) in [6.45, 7) is 1.73. The highest BCUT2D eigenvalue weighted by molar-refractivity contribution is 7.90. The predicted molar refractivity (Wildman–Crippen MR) is 84.7 cm³/mol. The highest BCUT2D eigenvalue weighted by atomic mass is 32.2. The van der Waals surface area contributed by atoms with Crippen LogP contribution < -0.4 is 5.32 Å². The minimum Gasteiger partial charge on any atom is -0.303 e. The molecule has 0 saturated carbocycles. The van der Waals surface area contributed by atoms with Crippen molar-refractivity contribution in [1.29, 1.82) is 0 Å². The Morgan fingerprint density at radius 2 is 1.91 bits per heavy atom. The van der Waals surface area contributed by atoms with Gasteiger partial charge < -0.3 is 5.32 Å². The van der Waals surface area contributed by atoms with E-state index >= 15 is 0 Å². The summed E-state index contributed by atoms with van der Waals surface area (Å²) in [4.78, 5) is 4.03. The van der Waals surface area contributed by atoms with Crippen LogP contribution in [0.15, 0.2) is 42.7 Å². The molecule has 0 aliphatic carbocycles. The van der Waals surface area contributed by atoms with Crippen LogP contribution in [-0.2, 0) is 9.84 Å². The summed E-state index contributed by atoms with van der Waals surface area (Å²) in [6, 6.07) is 6.28. The van der Waals surface area contributed by atoms with Crippen molar-refractivity contribution in [3.63, 3.8) is 0 Å². The van der Waals surface area contributed by atoms with Crippen molar-refractivity contribution in [1.82, 2.24) is 10.3 Å². The van der Waals surface area contributed by atoms with E-state index in [9.17, 15) is 17.2 Å². The summed E-state index contributed by atoms with van der Waals surface area (Å²) in [6.07, 6.45) is 4.36. The molecular formula is C16H18F2N2O2S. The van der Waals surface area contributed by atoms with Gasteiger partial charge in [0.1, 0.15) is 9.84 Å². The predicted octanol–water partition coefficient (Wildman–Crippen LogP) is 2.47. The standard InChI is InChI=1S/C16H18F2N2O2S/c1-11(10-23(2,21)22)20-16(13-4-3-7-19-9-13)12-5-6-14(17)15(18)8-12/h3-9,11,16,20H,10H2,1-2H3/t11-,16+/m0/s1. The minimum absolute atomic E-state index is 0.0621. The molecule has 1 aromatic heterocycles. The van der Waals surface area contributed by atoms with Gasteiger partial charge in [-0.3, -0.25) is 4.98 Å². The zero-order valence-electron chi connectivity index (χ0n) is 12.8. The van der Waals surface area contributed by atoms with Crippen molar-refractivity contribution >= 4 is 9.84 Å². The average Bonchev–Trinajstić information content (AvgIpc) is 2.47. The van der Waals surface area contributed by atoms with Crippen molar-refractivity contribution in [3.8, 4) is 0 Å². The Morgan fingerprint density at radius 1 is 1.17 bits per heavy atom. The highest BCUT2D eigenvalue weighted by Gasteiger charge is 2.20. The Labute approximate surface area is 134 Å². The number of rotatable bonds is 6. The molecule has 124 valence electrons. The van der Waals surface area contributed by atoms with Crippen LogP contribution in [0.2, 0.25) is 0 Å². The molecule has 0 aliphatic rings. The lowest BCUT2D eigenvalue weighted by molar-refractivity contribution is 0.494. The molecule has 0 fully saturated rings. The maximum Gasteiger partial charge on any atom is 0.159 e. The molecule has 0 aliphatic heterocycles.